The number of hydrogen-bond donors (Lipinski definition) is 0. The van der Waals surface area contributed by atoms with Crippen molar-refractivity contribution in [1.82, 2.24) is 8.01 Å². The van der Waals surface area contributed by atoms with Gasteiger partial charge in [0.25, 0.3) is 0 Å². The number of rotatable bonds is 5. The van der Waals surface area contributed by atoms with Crippen LogP contribution in [-0.4, -0.2) is 40.7 Å². The van der Waals surface area contributed by atoms with E-state index in [1.54, 1.807) is 0 Å². The minimum atomic E-state index is 0.833. The van der Waals surface area contributed by atoms with Gasteiger partial charge in [-0.3, -0.25) is 3.11 Å². The van der Waals surface area contributed by atoms with Gasteiger partial charge in [0.15, 0.2) is 0 Å². The average molecular weight is 296 g/mol. The molecule has 3 heteroatoms. The maximum atomic E-state index is 2.67. The molecule has 0 saturated carbocycles. The van der Waals surface area contributed by atoms with Crippen LogP contribution in [0.25, 0.3) is 0 Å². The van der Waals surface area contributed by atoms with E-state index < -0.39 is 0 Å². The molecule has 0 aliphatic carbocycles. The molecule has 1 aliphatic rings. The second-order valence-corrected chi connectivity index (χ2v) is 5.57. The smallest absolute Gasteiger partial charge is 0.0198 e. The Labute approximate surface area is 96.2 Å². The van der Waals surface area contributed by atoms with Crippen LogP contribution in [0, 0.1) is 0 Å². The summed E-state index contributed by atoms with van der Waals surface area (Å²) in [6.45, 7) is 6.21. The first-order valence-electron chi connectivity index (χ1n) is 5.35. The molecule has 1 rings (SSSR count). The zero-order chi connectivity index (χ0) is 9.68. The molecule has 1 fully saturated rings. The summed E-state index contributed by atoms with van der Waals surface area (Å²) < 4.78 is 2.26. The number of hydrogen-bond acceptors (Lipinski definition) is 2. The van der Waals surface area contributed by atoms with Crippen molar-refractivity contribution in [2.24, 2.45) is 0 Å². The monoisotopic (exact) mass is 296 g/mol. The lowest BCUT2D eigenvalue weighted by molar-refractivity contribution is 0.219. The Bertz CT molecular complexity index is 133. The third kappa shape index (κ3) is 4.13. The molecular weight excluding hydrogens is 275 g/mol. The van der Waals surface area contributed by atoms with Gasteiger partial charge in [0.05, 0.1) is 0 Å². The average Bonchev–Trinajstić information content (AvgIpc) is 2.58. The van der Waals surface area contributed by atoms with Gasteiger partial charge in [-0.2, -0.15) is 0 Å². The Kier molecular flexibility index (Phi) is 5.58. The first kappa shape index (κ1) is 11.7. The van der Waals surface area contributed by atoms with Crippen LogP contribution in [-0.2, 0) is 0 Å². The van der Waals surface area contributed by atoms with Crippen LogP contribution in [0.4, 0.5) is 0 Å². The van der Waals surface area contributed by atoms with Crippen molar-refractivity contribution in [3.63, 3.8) is 0 Å². The van der Waals surface area contributed by atoms with Gasteiger partial charge in [0.1, 0.15) is 0 Å². The van der Waals surface area contributed by atoms with Gasteiger partial charge in [-0.1, -0.05) is 6.92 Å². The highest BCUT2D eigenvalue weighted by Gasteiger charge is 2.19. The highest BCUT2D eigenvalue weighted by atomic mass is 127. The van der Waals surface area contributed by atoms with Crippen LogP contribution in [0.2, 0.25) is 0 Å². The highest BCUT2D eigenvalue weighted by Crippen LogP contribution is 2.17. The first-order chi connectivity index (χ1) is 6.24. The third-order valence-electron chi connectivity index (χ3n) is 2.90. The van der Waals surface area contributed by atoms with Crippen molar-refractivity contribution in [1.29, 1.82) is 0 Å². The SMILES string of the molecule is CCC(CCN(C)I)N1CCCC1. The summed E-state index contributed by atoms with van der Waals surface area (Å²) in [5.74, 6) is 0. The maximum absolute atomic E-state index is 2.67. The zero-order valence-electron chi connectivity index (χ0n) is 8.80. The summed E-state index contributed by atoms with van der Waals surface area (Å²) >= 11 is 2.37. The van der Waals surface area contributed by atoms with E-state index in [0.717, 1.165) is 6.04 Å². The summed E-state index contributed by atoms with van der Waals surface area (Å²) in [5.41, 5.74) is 0. The standard InChI is InChI=1S/C10H21IN2/c1-3-10(6-9-12(2)11)13-7-4-5-8-13/h10H,3-9H2,1-2H3. The fourth-order valence-corrected chi connectivity index (χ4v) is 2.36. The van der Waals surface area contributed by atoms with E-state index in [0.29, 0.717) is 0 Å². The third-order valence-corrected chi connectivity index (χ3v) is 3.38. The van der Waals surface area contributed by atoms with Gasteiger partial charge >= 0.3 is 0 Å². The van der Waals surface area contributed by atoms with E-state index in [1.165, 1.54) is 45.3 Å². The van der Waals surface area contributed by atoms with Crippen molar-refractivity contribution >= 4 is 22.9 Å². The minimum Gasteiger partial charge on any atom is -0.300 e. The van der Waals surface area contributed by atoms with Gasteiger partial charge in [0.2, 0.25) is 0 Å². The van der Waals surface area contributed by atoms with E-state index in [4.69, 9.17) is 0 Å². The van der Waals surface area contributed by atoms with E-state index in [-0.39, 0.29) is 0 Å². The molecule has 0 radical (unpaired) electrons. The highest BCUT2D eigenvalue weighted by molar-refractivity contribution is 14.1. The van der Waals surface area contributed by atoms with Crippen LogP contribution in [0.1, 0.15) is 32.6 Å². The Balaban J connectivity index is 2.24. The molecular formula is C10H21IN2. The molecule has 0 aromatic heterocycles. The predicted octanol–water partition coefficient (Wildman–Crippen LogP) is 2.53. The molecule has 0 aromatic rings. The van der Waals surface area contributed by atoms with Crippen molar-refractivity contribution in [3.8, 4) is 0 Å². The maximum Gasteiger partial charge on any atom is 0.0198 e. The number of likely N-dealkylation sites (tertiary alicyclic amines) is 1. The summed E-state index contributed by atoms with van der Waals surface area (Å²) in [7, 11) is 2.15. The van der Waals surface area contributed by atoms with Crippen LogP contribution < -0.4 is 0 Å². The minimum absolute atomic E-state index is 0.833. The lowest BCUT2D eigenvalue weighted by Crippen LogP contribution is -2.34. The predicted molar refractivity (Wildman–Crippen MR) is 66.2 cm³/mol. The van der Waals surface area contributed by atoms with Gasteiger partial charge < -0.3 is 4.90 Å². The van der Waals surface area contributed by atoms with Crippen molar-refractivity contribution in [2.75, 3.05) is 26.7 Å². The van der Waals surface area contributed by atoms with Gasteiger partial charge in [-0.15, -0.1) is 0 Å². The van der Waals surface area contributed by atoms with E-state index in [2.05, 4.69) is 44.8 Å². The molecule has 1 atom stereocenters. The van der Waals surface area contributed by atoms with E-state index in [9.17, 15) is 0 Å². The molecule has 1 saturated heterocycles. The van der Waals surface area contributed by atoms with E-state index in [1.807, 2.05) is 0 Å². The number of nitrogens with zero attached hydrogens (tertiary/aromatic N) is 2. The molecule has 0 spiro atoms. The fraction of sp³-hybridized carbons (Fsp3) is 1.00. The summed E-state index contributed by atoms with van der Waals surface area (Å²) in [6.07, 6.45) is 5.47. The van der Waals surface area contributed by atoms with Crippen molar-refractivity contribution < 1.29 is 0 Å². The molecule has 0 N–H and O–H groups in total. The second-order valence-electron chi connectivity index (χ2n) is 3.92. The number of halogens is 1. The molecule has 0 aromatic carbocycles. The molecule has 1 heterocycles. The lowest BCUT2D eigenvalue weighted by Gasteiger charge is -2.27. The van der Waals surface area contributed by atoms with Crippen LogP contribution in [0.15, 0.2) is 0 Å². The van der Waals surface area contributed by atoms with Crippen LogP contribution >= 0.6 is 22.9 Å². The molecule has 2 nitrogen and oxygen atoms in total. The zero-order valence-corrected chi connectivity index (χ0v) is 11.0. The van der Waals surface area contributed by atoms with Gasteiger partial charge in [0, 0.05) is 35.5 Å². The van der Waals surface area contributed by atoms with Gasteiger partial charge in [-0.05, 0) is 45.8 Å². The van der Waals surface area contributed by atoms with E-state index >= 15 is 0 Å². The lowest BCUT2D eigenvalue weighted by atomic mass is 10.1. The van der Waals surface area contributed by atoms with Crippen LogP contribution in [0.5, 0.6) is 0 Å². The Morgan fingerprint density at radius 3 is 2.46 bits per heavy atom. The molecule has 0 bridgehead atoms. The molecule has 13 heavy (non-hydrogen) atoms. The summed E-state index contributed by atoms with van der Waals surface area (Å²) in [6, 6.07) is 0.833. The normalized spacial score (nSPS) is 21.2. The molecule has 1 aliphatic heterocycles. The molecule has 1 unspecified atom stereocenters. The topological polar surface area (TPSA) is 6.48 Å². The summed E-state index contributed by atoms with van der Waals surface area (Å²) in [5, 5.41) is 0. The Morgan fingerprint density at radius 2 is 2.00 bits per heavy atom. The molecule has 0 amide bonds. The quantitative estimate of drug-likeness (QED) is 0.568. The summed E-state index contributed by atoms with van der Waals surface area (Å²) in [4.78, 5) is 2.67. The first-order valence-corrected chi connectivity index (χ1v) is 6.31. The largest absolute Gasteiger partial charge is 0.300 e. The Hall–Kier alpha value is 0.650. The van der Waals surface area contributed by atoms with Gasteiger partial charge in [-0.25, -0.2) is 0 Å². The fourth-order valence-electron chi connectivity index (χ4n) is 2.08. The second kappa shape index (κ2) is 6.19. The molecule has 78 valence electrons. The van der Waals surface area contributed by atoms with Crippen molar-refractivity contribution in [3.05, 3.63) is 0 Å². The Morgan fingerprint density at radius 1 is 1.38 bits per heavy atom. The van der Waals surface area contributed by atoms with Crippen molar-refractivity contribution in [2.45, 2.75) is 38.6 Å². The van der Waals surface area contributed by atoms with Crippen LogP contribution in [0.3, 0.4) is 0 Å².